The van der Waals surface area contributed by atoms with E-state index in [0.29, 0.717) is 12.6 Å². The molecule has 22 heavy (non-hydrogen) atoms. The molecule has 0 unspecified atom stereocenters. The molecule has 0 aliphatic carbocycles. The molecule has 0 heterocycles. The van der Waals surface area contributed by atoms with Gasteiger partial charge in [0.1, 0.15) is 12.6 Å². The maximum Gasteiger partial charge on any atom is 0.162 e. The first kappa shape index (κ1) is 16.8. The minimum Gasteiger partial charge on any atom is -0.493 e. The smallest absolute Gasteiger partial charge is 0.162 e. The second-order valence-electron chi connectivity index (χ2n) is 5.17. The molecule has 0 aromatic heterocycles. The summed E-state index contributed by atoms with van der Waals surface area (Å²) in [5.74, 6) is 1.55. The third-order valence-electron chi connectivity index (χ3n) is 3.65. The Morgan fingerprint density at radius 2 is 1.86 bits per heavy atom. The minimum atomic E-state index is 0.408. The lowest BCUT2D eigenvalue weighted by atomic mass is 10.1. The van der Waals surface area contributed by atoms with Crippen molar-refractivity contribution in [3.63, 3.8) is 0 Å². The summed E-state index contributed by atoms with van der Waals surface area (Å²) in [5.41, 5.74) is 2.53. The van der Waals surface area contributed by atoms with E-state index in [9.17, 15) is 0 Å². The molecule has 2 aromatic rings. The normalized spacial score (nSPS) is 12.0. The number of halogens is 1. The molecule has 3 nitrogen and oxygen atoms in total. The van der Waals surface area contributed by atoms with Crippen molar-refractivity contribution in [2.45, 2.75) is 26.4 Å². The molecule has 2 N–H and O–H groups in total. The van der Waals surface area contributed by atoms with Gasteiger partial charge < -0.3 is 14.8 Å². The minimum absolute atomic E-state index is 0.408. The third-order valence-corrected chi connectivity index (χ3v) is 4.39. The van der Waals surface area contributed by atoms with Crippen LogP contribution in [0.2, 0.25) is 0 Å². The molecule has 0 saturated carbocycles. The van der Waals surface area contributed by atoms with Gasteiger partial charge in [0.2, 0.25) is 0 Å². The van der Waals surface area contributed by atoms with E-state index in [1.807, 2.05) is 25.1 Å². The quantitative estimate of drug-likeness (QED) is 0.813. The summed E-state index contributed by atoms with van der Waals surface area (Å²) in [4.78, 5) is 0. The van der Waals surface area contributed by atoms with E-state index >= 15 is 0 Å². The van der Waals surface area contributed by atoms with Crippen molar-refractivity contribution in [2.75, 3.05) is 13.7 Å². The molecular formula is C18H23BrNO2+. The average Bonchev–Trinajstić information content (AvgIpc) is 2.55. The summed E-state index contributed by atoms with van der Waals surface area (Å²) in [6.45, 7) is 5.68. The molecule has 0 aliphatic heterocycles. The molecule has 0 spiro atoms. The maximum absolute atomic E-state index is 5.59. The molecule has 0 amide bonds. The van der Waals surface area contributed by atoms with Crippen LogP contribution >= 0.6 is 15.9 Å². The fraction of sp³-hybridized carbons (Fsp3) is 0.333. The van der Waals surface area contributed by atoms with Crippen LogP contribution in [-0.4, -0.2) is 13.7 Å². The van der Waals surface area contributed by atoms with Gasteiger partial charge in [-0.25, -0.2) is 0 Å². The molecule has 0 saturated heterocycles. The number of benzene rings is 2. The van der Waals surface area contributed by atoms with Gasteiger partial charge >= 0.3 is 0 Å². The first-order chi connectivity index (χ1) is 10.7. The average molecular weight is 365 g/mol. The number of rotatable bonds is 7. The van der Waals surface area contributed by atoms with Crippen molar-refractivity contribution in [3.05, 3.63) is 58.1 Å². The van der Waals surface area contributed by atoms with Gasteiger partial charge in [-0.3, -0.25) is 0 Å². The Bertz CT molecular complexity index is 602. The van der Waals surface area contributed by atoms with Crippen LogP contribution in [0.5, 0.6) is 11.5 Å². The molecule has 118 valence electrons. The molecule has 4 heteroatoms. The number of nitrogens with two attached hydrogens (primary N) is 1. The predicted molar refractivity (Wildman–Crippen MR) is 92.3 cm³/mol. The van der Waals surface area contributed by atoms with Crippen molar-refractivity contribution in [1.29, 1.82) is 0 Å². The van der Waals surface area contributed by atoms with Gasteiger partial charge in [0.05, 0.1) is 13.7 Å². The van der Waals surface area contributed by atoms with Crippen LogP contribution in [0.1, 0.15) is 31.0 Å². The lowest BCUT2D eigenvalue weighted by Crippen LogP contribution is -2.83. The number of quaternary nitrogens is 1. The van der Waals surface area contributed by atoms with Crippen LogP contribution in [0.15, 0.2) is 46.9 Å². The number of hydrogen-bond donors (Lipinski definition) is 1. The van der Waals surface area contributed by atoms with Gasteiger partial charge in [-0.15, -0.1) is 0 Å². The Kier molecular flexibility index (Phi) is 6.28. The highest BCUT2D eigenvalue weighted by molar-refractivity contribution is 9.10. The molecule has 1 atom stereocenters. The maximum atomic E-state index is 5.59. The molecular weight excluding hydrogens is 342 g/mol. The van der Waals surface area contributed by atoms with Crippen molar-refractivity contribution < 1.29 is 14.8 Å². The van der Waals surface area contributed by atoms with Gasteiger partial charge in [-0.1, -0.05) is 46.3 Å². The zero-order valence-electron chi connectivity index (χ0n) is 13.3. The van der Waals surface area contributed by atoms with E-state index in [1.54, 1.807) is 7.11 Å². The van der Waals surface area contributed by atoms with Gasteiger partial charge in [0, 0.05) is 15.6 Å². The zero-order chi connectivity index (χ0) is 15.9. The van der Waals surface area contributed by atoms with E-state index < -0.39 is 0 Å². The summed E-state index contributed by atoms with van der Waals surface area (Å²) in [6, 6.07) is 15.0. The van der Waals surface area contributed by atoms with Crippen LogP contribution in [0.4, 0.5) is 0 Å². The summed E-state index contributed by atoms with van der Waals surface area (Å²) in [6.07, 6.45) is 0. The van der Waals surface area contributed by atoms with E-state index in [2.05, 4.69) is 52.4 Å². The molecule has 0 radical (unpaired) electrons. The number of hydrogen-bond acceptors (Lipinski definition) is 2. The van der Waals surface area contributed by atoms with Gasteiger partial charge in [0.25, 0.3) is 0 Å². The lowest BCUT2D eigenvalue weighted by Gasteiger charge is -2.15. The van der Waals surface area contributed by atoms with E-state index in [-0.39, 0.29) is 0 Å². The summed E-state index contributed by atoms with van der Waals surface area (Å²) < 4.78 is 12.1. The van der Waals surface area contributed by atoms with Crippen LogP contribution in [-0.2, 0) is 6.54 Å². The molecule has 2 aromatic carbocycles. The standard InChI is InChI=1S/C18H22BrNO2/c1-4-22-18-11-16(19)15(10-17(18)21-3)12-20-13(2)14-8-6-5-7-9-14/h5-11,13,20H,4,12H2,1-3H3/p+1/t13-/m0/s1. The van der Waals surface area contributed by atoms with Crippen LogP contribution in [0.3, 0.4) is 0 Å². The molecule has 0 aliphatic rings. The van der Waals surface area contributed by atoms with Crippen LogP contribution < -0.4 is 14.8 Å². The highest BCUT2D eigenvalue weighted by atomic mass is 79.9. The Balaban J connectivity index is 2.09. The Hall–Kier alpha value is -1.52. The topological polar surface area (TPSA) is 35.1 Å². The highest BCUT2D eigenvalue weighted by Gasteiger charge is 2.13. The second kappa shape index (κ2) is 8.20. The largest absolute Gasteiger partial charge is 0.493 e. The van der Waals surface area contributed by atoms with Crippen LogP contribution in [0, 0.1) is 0 Å². The Morgan fingerprint density at radius 3 is 2.50 bits per heavy atom. The van der Waals surface area contributed by atoms with Crippen molar-refractivity contribution in [3.8, 4) is 11.5 Å². The number of methoxy groups -OCH3 is 1. The van der Waals surface area contributed by atoms with Crippen molar-refractivity contribution >= 4 is 15.9 Å². The van der Waals surface area contributed by atoms with E-state index in [4.69, 9.17) is 9.47 Å². The highest BCUT2D eigenvalue weighted by Crippen LogP contribution is 2.33. The SMILES string of the molecule is CCOc1cc(Br)c(C[NH2+][C@@H](C)c2ccccc2)cc1OC. The molecule has 0 fully saturated rings. The summed E-state index contributed by atoms with van der Waals surface area (Å²) in [5, 5.41) is 2.31. The third kappa shape index (κ3) is 4.24. The lowest BCUT2D eigenvalue weighted by molar-refractivity contribution is -0.708. The second-order valence-corrected chi connectivity index (χ2v) is 6.02. The Labute approximate surface area is 140 Å². The Morgan fingerprint density at radius 1 is 1.14 bits per heavy atom. The molecule has 2 rings (SSSR count). The van der Waals surface area contributed by atoms with Gasteiger partial charge in [-0.05, 0) is 26.0 Å². The zero-order valence-corrected chi connectivity index (χ0v) is 14.9. The summed E-state index contributed by atoms with van der Waals surface area (Å²) in [7, 11) is 1.67. The van der Waals surface area contributed by atoms with Crippen molar-refractivity contribution in [1.82, 2.24) is 0 Å². The summed E-state index contributed by atoms with van der Waals surface area (Å²) >= 11 is 3.63. The monoisotopic (exact) mass is 364 g/mol. The molecule has 0 bridgehead atoms. The number of ether oxygens (including phenoxy) is 2. The van der Waals surface area contributed by atoms with E-state index in [0.717, 1.165) is 22.5 Å². The van der Waals surface area contributed by atoms with Crippen LogP contribution in [0.25, 0.3) is 0 Å². The first-order valence-electron chi connectivity index (χ1n) is 7.53. The van der Waals surface area contributed by atoms with Gasteiger partial charge in [-0.2, -0.15) is 0 Å². The first-order valence-corrected chi connectivity index (χ1v) is 8.32. The van der Waals surface area contributed by atoms with Crippen molar-refractivity contribution in [2.24, 2.45) is 0 Å². The fourth-order valence-corrected chi connectivity index (χ4v) is 2.84. The fourth-order valence-electron chi connectivity index (χ4n) is 2.36. The predicted octanol–water partition coefficient (Wildman–Crippen LogP) is 3.68. The van der Waals surface area contributed by atoms with E-state index in [1.165, 1.54) is 11.1 Å². The van der Waals surface area contributed by atoms with Gasteiger partial charge in [0.15, 0.2) is 11.5 Å².